The average Bonchev–Trinajstić information content (AvgIpc) is 2.54. The van der Waals surface area contributed by atoms with Crippen LogP contribution in [0.25, 0.3) is 0 Å². The van der Waals surface area contributed by atoms with E-state index in [9.17, 15) is 0 Å². The van der Waals surface area contributed by atoms with E-state index in [1.807, 2.05) is 6.92 Å². The van der Waals surface area contributed by atoms with Gasteiger partial charge in [0.25, 0.3) is 0 Å². The van der Waals surface area contributed by atoms with Gasteiger partial charge in [0.2, 0.25) is 0 Å². The van der Waals surface area contributed by atoms with Crippen molar-refractivity contribution in [1.29, 1.82) is 0 Å². The highest BCUT2D eigenvalue weighted by Gasteiger charge is 2.38. The van der Waals surface area contributed by atoms with Crippen LogP contribution in [-0.4, -0.2) is 25.7 Å². The van der Waals surface area contributed by atoms with E-state index in [4.69, 9.17) is 9.73 Å². The molecule has 94 valence electrons. The summed E-state index contributed by atoms with van der Waals surface area (Å²) in [5.74, 6) is 0.910. The maximum Gasteiger partial charge on any atom is 0.180 e. The molecule has 0 aromatic carbocycles. The number of hydrogen-bond donors (Lipinski definition) is 0. The quantitative estimate of drug-likeness (QED) is 0.508. The van der Waals surface area contributed by atoms with E-state index in [2.05, 4.69) is 26.6 Å². The summed E-state index contributed by atoms with van der Waals surface area (Å²) in [6.45, 7) is 11.4. The Bertz CT molecular complexity index is 245. The van der Waals surface area contributed by atoms with E-state index < -0.39 is 8.07 Å². The second-order valence-corrected chi connectivity index (χ2v) is 11.3. The Hall–Kier alpha value is -0.313. The average molecular weight is 241 g/mol. The molecular formula is C13H27NOSi. The third kappa shape index (κ3) is 3.93. The van der Waals surface area contributed by atoms with Gasteiger partial charge in [0.05, 0.1) is 13.7 Å². The van der Waals surface area contributed by atoms with Crippen LogP contribution < -0.4 is 0 Å². The predicted octanol–water partition coefficient (Wildman–Crippen LogP) is 4.02. The van der Waals surface area contributed by atoms with Gasteiger partial charge < -0.3 is 4.74 Å². The van der Waals surface area contributed by atoms with E-state index in [1.54, 1.807) is 0 Å². The van der Waals surface area contributed by atoms with Crippen molar-refractivity contribution < 1.29 is 4.74 Å². The van der Waals surface area contributed by atoms with Crippen molar-refractivity contribution in [2.24, 2.45) is 4.99 Å². The highest BCUT2D eigenvalue weighted by molar-refractivity contribution is 6.78. The molecular weight excluding hydrogens is 214 g/mol. The second-order valence-electron chi connectivity index (χ2n) is 5.96. The summed E-state index contributed by atoms with van der Waals surface area (Å²) in [5.41, 5.74) is 0.481. The molecule has 1 aliphatic rings. The van der Waals surface area contributed by atoms with Crippen LogP contribution in [0.3, 0.4) is 0 Å². The van der Waals surface area contributed by atoms with Crippen molar-refractivity contribution in [2.45, 2.75) is 77.4 Å². The van der Waals surface area contributed by atoms with E-state index in [0.717, 1.165) is 5.90 Å². The van der Waals surface area contributed by atoms with Crippen LogP contribution in [0.4, 0.5) is 0 Å². The molecule has 0 fully saturated rings. The fourth-order valence-electron chi connectivity index (χ4n) is 2.33. The second kappa shape index (κ2) is 5.85. The number of unbranched alkanes of at least 4 members (excludes halogenated alkanes) is 3. The third-order valence-corrected chi connectivity index (χ3v) is 5.50. The number of nitrogens with zero attached hydrogens (tertiary/aromatic N) is 1. The standard InChI is InChI=1S/C13H27NOSi/c1-6-7-8-9-10-12-13(16(3,4)5)14-11(2)15-12/h12-13H,6-10H2,1-5H3/t12-,13-/m0/s1. The van der Waals surface area contributed by atoms with Crippen molar-refractivity contribution >= 4 is 14.0 Å². The molecule has 0 aliphatic carbocycles. The fourth-order valence-corrected chi connectivity index (χ4v) is 4.25. The van der Waals surface area contributed by atoms with Crippen molar-refractivity contribution in [1.82, 2.24) is 0 Å². The van der Waals surface area contributed by atoms with Gasteiger partial charge in [0.1, 0.15) is 6.10 Å². The molecule has 1 aliphatic heterocycles. The third-order valence-electron chi connectivity index (χ3n) is 3.22. The Morgan fingerprint density at radius 2 is 1.88 bits per heavy atom. The zero-order chi connectivity index (χ0) is 12.2. The first-order chi connectivity index (χ1) is 7.45. The Kier molecular flexibility index (Phi) is 5.03. The van der Waals surface area contributed by atoms with Gasteiger partial charge in [-0.1, -0.05) is 45.8 Å². The molecule has 16 heavy (non-hydrogen) atoms. The van der Waals surface area contributed by atoms with E-state index >= 15 is 0 Å². The highest BCUT2D eigenvalue weighted by atomic mass is 28.3. The van der Waals surface area contributed by atoms with Crippen LogP contribution >= 0.6 is 0 Å². The number of aliphatic imine (C=N–C) groups is 1. The van der Waals surface area contributed by atoms with Crippen LogP contribution in [0, 0.1) is 0 Å². The Labute approximate surface area is 102 Å². The molecule has 1 rings (SSSR count). The SMILES string of the molecule is CCCCCC[C@@H]1OC(C)=N[C@H]1[Si](C)(C)C. The molecule has 0 spiro atoms. The van der Waals surface area contributed by atoms with Gasteiger partial charge >= 0.3 is 0 Å². The lowest BCUT2D eigenvalue weighted by Crippen LogP contribution is -2.43. The van der Waals surface area contributed by atoms with Crippen molar-refractivity contribution in [3.05, 3.63) is 0 Å². The normalized spacial score (nSPS) is 25.4. The molecule has 0 radical (unpaired) electrons. The minimum Gasteiger partial charge on any atom is -0.476 e. The maximum atomic E-state index is 5.87. The maximum absolute atomic E-state index is 5.87. The molecule has 0 aromatic rings. The van der Waals surface area contributed by atoms with Gasteiger partial charge in [-0.2, -0.15) is 0 Å². The molecule has 3 heteroatoms. The fraction of sp³-hybridized carbons (Fsp3) is 0.923. The molecule has 0 N–H and O–H groups in total. The Morgan fingerprint density at radius 1 is 1.19 bits per heavy atom. The molecule has 1 heterocycles. The summed E-state index contributed by atoms with van der Waals surface area (Å²) in [5, 5.41) is 0. The first kappa shape index (κ1) is 13.8. The van der Waals surface area contributed by atoms with E-state index in [1.165, 1.54) is 32.1 Å². The van der Waals surface area contributed by atoms with Crippen molar-refractivity contribution in [3.63, 3.8) is 0 Å². The van der Waals surface area contributed by atoms with E-state index in [0.29, 0.717) is 11.8 Å². The van der Waals surface area contributed by atoms with Crippen LogP contribution in [0.1, 0.15) is 46.0 Å². The van der Waals surface area contributed by atoms with Gasteiger partial charge in [-0.05, 0) is 12.8 Å². The lowest BCUT2D eigenvalue weighted by molar-refractivity contribution is 0.194. The summed E-state index contributed by atoms with van der Waals surface area (Å²) in [6, 6.07) is 0. The van der Waals surface area contributed by atoms with Crippen LogP contribution in [0.15, 0.2) is 4.99 Å². The summed E-state index contributed by atoms with van der Waals surface area (Å²) in [6.07, 6.45) is 6.86. The minimum absolute atomic E-state index is 0.378. The number of ether oxygens (including phenoxy) is 1. The lowest BCUT2D eigenvalue weighted by Gasteiger charge is -2.27. The zero-order valence-corrected chi connectivity index (χ0v) is 12.5. The number of rotatable bonds is 6. The van der Waals surface area contributed by atoms with Crippen molar-refractivity contribution in [2.75, 3.05) is 0 Å². The van der Waals surface area contributed by atoms with Gasteiger partial charge in [-0.25, -0.2) is 0 Å². The van der Waals surface area contributed by atoms with Gasteiger partial charge in [-0.3, -0.25) is 4.99 Å². The molecule has 0 unspecified atom stereocenters. The number of hydrogen-bond acceptors (Lipinski definition) is 2. The molecule has 0 saturated carbocycles. The molecule has 2 nitrogen and oxygen atoms in total. The minimum atomic E-state index is -1.21. The van der Waals surface area contributed by atoms with Crippen LogP contribution in [0.5, 0.6) is 0 Å². The summed E-state index contributed by atoms with van der Waals surface area (Å²) >= 11 is 0. The molecule has 2 atom stereocenters. The smallest absolute Gasteiger partial charge is 0.180 e. The molecule has 0 bridgehead atoms. The zero-order valence-electron chi connectivity index (χ0n) is 11.5. The predicted molar refractivity (Wildman–Crippen MR) is 73.9 cm³/mol. The summed E-state index contributed by atoms with van der Waals surface area (Å²) in [7, 11) is -1.21. The monoisotopic (exact) mass is 241 g/mol. The van der Waals surface area contributed by atoms with Crippen molar-refractivity contribution in [3.8, 4) is 0 Å². The highest BCUT2D eigenvalue weighted by Crippen LogP contribution is 2.26. The summed E-state index contributed by atoms with van der Waals surface area (Å²) in [4.78, 5) is 4.70. The Balaban J connectivity index is 2.42. The van der Waals surface area contributed by atoms with Crippen LogP contribution in [0.2, 0.25) is 19.6 Å². The van der Waals surface area contributed by atoms with Gasteiger partial charge in [-0.15, -0.1) is 0 Å². The Morgan fingerprint density at radius 3 is 2.44 bits per heavy atom. The molecule has 0 amide bonds. The lowest BCUT2D eigenvalue weighted by atomic mass is 10.1. The largest absolute Gasteiger partial charge is 0.476 e. The van der Waals surface area contributed by atoms with Gasteiger partial charge in [0.15, 0.2) is 5.90 Å². The van der Waals surface area contributed by atoms with Crippen LogP contribution in [-0.2, 0) is 4.74 Å². The first-order valence-corrected chi connectivity index (χ1v) is 10.2. The molecule has 0 saturated heterocycles. The topological polar surface area (TPSA) is 21.6 Å². The summed E-state index contributed by atoms with van der Waals surface area (Å²) < 4.78 is 5.87. The van der Waals surface area contributed by atoms with E-state index in [-0.39, 0.29) is 0 Å². The van der Waals surface area contributed by atoms with Gasteiger partial charge in [0, 0.05) is 6.92 Å². The first-order valence-electron chi connectivity index (χ1n) is 6.66. The molecule has 0 aromatic heterocycles.